The van der Waals surface area contributed by atoms with E-state index in [4.69, 9.17) is 0 Å². The number of aromatic nitrogens is 1. The van der Waals surface area contributed by atoms with E-state index in [0.29, 0.717) is 10.2 Å². The second-order valence-electron chi connectivity index (χ2n) is 1.72. The molecule has 0 saturated heterocycles. The van der Waals surface area contributed by atoms with Crippen molar-refractivity contribution in [1.82, 2.24) is 4.98 Å². The number of rotatable bonds is 2. The van der Waals surface area contributed by atoms with Crippen molar-refractivity contribution >= 4 is 21.6 Å². The largest absolute Gasteiger partial charge is 0.263 e. The van der Waals surface area contributed by atoms with E-state index in [1.54, 1.807) is 0 Å². The zero-order valence-corrected chi connectivity index (χ0v) is 6.91. The van der Waals surface area contributed by atoms with Crippen LogP contribution in [0.5, 0.6) is 0 Å². The van der Waals surface area contributed by atoms with E-state index < -0.39 is 5.03 Å². The Labute approximate surface area is 70.7 Å². The Balaban J connectivity index is 2.86. The number of pyridine rings is 1. The number of hydrogen-bond donors (Lipinski definition) is 1. The third-order valence-electron chi connectivity index (χ3n) is 0.984. The molecule has 0 aromatic carbocycles. The highest BCUT2D eigenvalue weighted by Crippen LogP contribution is 2.19. The fourth-order valence-corrected chi connectivity index (χ4v) is 0.903. The number of hydrogen-bond acceptors (Lipinski definition) is 3. The summed E-state index contributed by atoms with van der Waals surface area (Å²) in [5, 5.41) is 9.35. The summed E-state index contributed by atoms with van der Waals surface area (Å²) >= 11 is 3.10. The standard InChI is InChI=1S/C5H4BrN3O2/c6-4-3-7-2-1-5(4)8-9(10)11/h1-3H,(H,7,8). The molecule has 1 aromatic heterocycles. The van der Waals surface area contributed by atoms with E-state index in [9.17, 15) is 10.1 Å². The smallest absolute Gasteiger partial charge is 0.162 e. The highest BCUT2D eigenvalue weighted by Gasteiger charge is 2.02. The Morgan fingerprint density at radius 3 is 3.00 bits per heavy atom. The van der Waals surface area contributed by atoms with E-state index in [-0.39, 0.29) is 0 Å². The average molecular weight is 218 g/mol. The van der Waals surface area contributed by atoms with Gasteiger partial charge in [0.25, 0.3) is 0 Å². The average Bonchev–Trinajstić information content (AvgIpc) is 1.93. The van der Waals surface area contributed by atoms with E-state index >= 15 is 0 Å². The van der Waals surface area contributed by atoms with E-state index in [2.05, 4.69) is 20.9 Å². The molecule has 0 unspecified atom stereocenters. The van der Waals surface area contributed by atoms with Crippen molar-refractivity contribution in [3.8, 4) is 0 Å². The topological polar surface area (TPSA) is 68.1 Å². The SMILES string of the molecule is O=[N+]([O-])Nc1ccncc1Br. The Bertz CT molecular complexity index is 278. The third kappa shape index (κ3) is 2.15. The van der Waals surface area contributed by atoms with Crippen molar-refractivity contribution in [2.24, 2.45) is 0 Å². The maximum Gasteiger partial charge on any atom is 0.162 e. The molecule has 0 atom stereocenters. The summed E-state index contributed by atoms with van der Waals surface area (Å²) < 4.78 is 0.566. The highest BCUT2D eigenvalue weighted by atomic mass is 79.9. The lowest BCUT2D eigenvalue weighted by molar-refractivity contribution is -0.445. The number of nitro groups is 1. The second kappa shape index (κ2) is 3.29. The minimum Gasteiger partial charge on any atom is -0.263 e. The molecule has 0 fully saturated rings. The van der Waals surface area contributed by atoms with Gasteiger partial charge in [0.2, 0.25) is 0 Å². The van der Waals surface area contributed by atoms with Gasteiger partial charge in [0.05, 0.1) is 4.47 Å². The van der Waals surface area contributed by atoms with Crippen molar-refractivity contribution < 1.29 is 5.03 Å². The molecular formula is C5H4BrN3O2. The molecule has 0 bridgehead atoms. The maximum atomic E-state index is 9.97. The number of anilines is 1. The Morgan fingerprint density at radius 1 is 1.73 bits per heavy atom. The minimum absolute atomic E-state index is 0.394. The van der Waals surface area contributed by atoms with Gasteiger partial charge < -0.3 is 0 Å². The quantitative estimate of drug-likeness (QED) is 0.602. The predicted octanol–water partition coefficient (Wildman–Crippen LogP) is 1.45. The van der Waals surface area contributed by atoms with Gasteiger partial charge in [-0.3, -0.25) is 4.98 Å². The van der Waals surface area contributed by atoms with Crippen LogP contribution in [0.3, 0.4) is 0 Å². The van der Waals surface area contributed by atoms with Crippen LogP contribution in [0.2, 0.25) is 0 Å². The zero-order chi connectivity index (χ0) is 8.27. The van der Waals surface area contributed by atoms with Crippen LogP contribution in [-0.2, 0) is 0 Å². The number of nitrogens with one attached hydrogen (secondary N) is 1. The Hall–Kier alpha value is -1.17. The molecule has 5 nitrogen and oxygen atoms in total. The van der Waals surface area contributed by atoms with E-state index in [1.165, 1.54) is 18.5 Å². The minimum atomic E-state index is -0.625. The summed E-state index contributed by atoms with van der Waals surface area (Å²) in [7, 11) is 0. The monoisotopic (exact) mass is 217 g/mol. The predicted molar refractivity (Wildman–Crippen MR) is 42.6 cm³/mol. The molecule has 0 saturated carbocycles. The van der Waals surface area contributed by atoms with Crippen molar-refractivity contribution in [3.63, 3.8) is 0 Å². The molecule has 0 aliphatic heterocycles. The van der Waals surface area contributed by atoms with Gasteiger partial charge in [-0.1, -0.05) is 0 Å². The number of nitrogens with zero attached hydrogens (tertiary/aromatic N) is 2. The second-order valence-corrected chi connectivity index (χ2v) is 2.58. The van der Waals surface area contributed by atoms with Crippen LogP contribution in [0.4, 0.5) is 5.69 Å². The molecule has 11 heavy (non-hydrogen) atoms. The summed E-state index contributed by atoms with van der Waals surface area (Å²) in [6.07, 6.45) is 2.95. The summed E-state index contributed by atoms with van der Waals surface area (Å²) in [6, 6.07) is 1.51. The Morgan fingerprint density at radius 2 is 2.45 bits per heavy atom. The van der Waals surface area contributed by atoms with Gasteiger partial charge in [0.15, 0.2) is 5.03 Å². The first-order chi connectivity index (χ1) is 5.20. The molecule has 0 radical (unpaired) electrons. The van der Waals surface area contributed by atoms with Crippen molar-refractivity contribution in [2.75, 3.05) is 5.43 Å². The molecule has 0 amide bonds. The molecule has 58 valence electrons. The van der Waals surface area contributed by atoms with Crippen LogP contribution >= 0.6 is 15.9 Å². The molecule has 1 N–H and O–H groups in total. The first kappa shape index (κ1) is 7.93. The Kier molecular flexibility index (Phi) is 2.37. The number of hydrazine groups is 1. The molecule has 1 heterocycles. The number of halogens is 1. The first-order valence-electron chi connectivity index (χ1n) is 2.70. The van der Waals surface area contributed by atoms with Gasteiger partial charge in [-0.25, -0.2) is 10.1 Å². The fraction of sp³-hybridized carbons (Fsp3) is 0. The molecule has 6 heteroatoms. The van der Waals surface area contributed by atoms with E-state index in [0.717, 1.165) is 0 Å². The summed E-state index contributed by atoms with van der Waals surface area (Å²) in [5.74, 6) is 0. The highest BCUT2D eigenvalue weighted by molar-refractivity contribution is 9.10. The van der Waals surface area contributed by atoms with Crippen LogP contribution in [0.1, 0.15) is 0 Å². The van der Waals surface area contributed by atoms with E-state index in [1.807, 2.05) is 5.43 Å². The van der Waals surface area contributed by atoms with Crippen molar-refractivity contribution in [2.45, 2.75) is 0 Å². The van der Waals surface area contributed by atoms with Gasteiger partial charge in [0, 0.05) is 12.4 Å². The summed E-state index contributed by atoms with van der Waals surface area (Å²) in [6.45, 7) is 0. The lowest BCUT2D eigenvalue weighted by Gasteiger charge is -1.97. The summed E-state index contributed by atoms with van der Waals surface area (Å²) in [5.41, 5.74) is 2.40. The van der Waals surface area contributed by atoms with Crippen LogP contribution in [-0.4, -0.2) is 10.0 Å². The lowest BCUT2D eigenvalue weighted by Crippen LogP contribution is -2.08. The van der Waals surface area contributed by atoms with Crippen LogP contribution in [0.25, 0.3) is 0 Å². The van der Waals surface area contributed by atoms with Crippen LogP contribution in [0.15, 0.2) is 22.9 Å². The van der Waals surface area contributed by atoms with Gasteiger partial charge in [-0.15, -0.1) is 5.43 Å². The van der Waals surface area contributed by atoms with Gasteiger partial charge >= 0.3 is 0 Å². The van der Waals surface area contributed by atoms with Crippen LogP contribution < -0.4 is 5.43 Å². The molecular weight excluding hydrogens is 214 g/mol. The van der Waals surface area contributed by atoms with Crippen molar-refractivity contribution in [1.29, 1.82) is 0 Å². The zero-order valence-electron chi connectivity index (χ0n) is 5.32. The maximum absolute atomic E-state index is 9.97. The summed E-state index contributed by atoms with van der Waals surface area (Å²) in [4.78, 5) is 13.7. The molecule has 0 aliphatic rings. The molecule has 0 aliphatic carbocycles. The fourth-order valence-electron chi connectivity index (χ4n) is 0.564. The molecule has 0 spiro atoms. The first-order valence-corrected chi connectivity index (χ1v) is 3.50. The van der Waals surface area contributed by atoms with Gasteiger partial charge in [0.1, 0.15) is 5.69 Å². The van der Waals surface area contributed by atoms with Gasteiger partial charge in [-0.05, 0) is 22.0 Å². The normalized spacial score (nSPS) is 9.18. The van der Waals surface area contributed by atoms with Crippen LogP contribution in [0, 0.1) is 10.1 Å². The molecule has 1 aromatic rings. The molecule has 1 rings (SSSR count). The third-order valence-corrected chi connectivity index (χ3v) is 1.62. The van der Waals surface area contributed by atoms with Crippen molar-refractivity contribution in [3.05, 3.63) is 33.0 Å². The lowest BCUT2D eigenvalue weighted by atomic mass is 10.4. The van der Waals surface area contributed by atoms with Gasteiger partial charge in [-0.2, -0.15) is 0 Å².